The lowest BCUT2D eigenvalue weighted by Crippen LogP contribution is -2.50. The molecule has 2 aromatic heterocycles. The highest BCUT2D eigenvalue weighted by molar-refractivity contribution is 6.03. The fraction of sp³-hybridized carbons (Fsp3) is 0.407. The number of hydrogen-bond donors (Lipinski definition) is 2. The van der Waals surface area contributed by atoms with E-state index in [4.69, 9.17) is 4.42 Å². The van der Waals surface area contributed by atoms with Crippen LogP contribution in [0.15, 0.2) is 47.0 Å². The van der Waals surface area contributed by atoms with Crippen molar-refractivity contribution in [2.45, 2.75) is 25.2 Å². The van der Waals surface area contributed by atoms with E-state index >= 15 is 0 Å². The smallest absolute Gasteiger partial charge is 0.417 e. The summed E-state index contributed by atoms with van der Waals surface area (Å²) in [5.41, 5.74) is -1.48. The van der Waals surface area contributed by atoms with Crippen LogP contribution in [0.5, 0.6) is 0 Å². The van der Waals surface area contributed by atoms with Gasteiger partial charge in [-0.05, 0) is 37.1 Å². The van der Waals surface area contributed by atoms with E-state index in [1.54, 1.807) is 6.07 Å². The highest BCUT2D eigenvalue weighted by Gasteiger charge is 2.44. The maximum absolute atomic E-state index is 13.8. The van der Waals surface area contributed by atoms with Gasteiger partial charge in [0.05, 0.1) is 23.5 Å². The maximum Gasteiger partial charge on any atom is 0.437 e. The Morgan fingerprint density at radius 2 is 1.55 bits per heavy atom. The number of halogens is 7. The van der Waals surface area contributed by atoms with Gasteiger partial charge < -0.3 is 29.8 Å². The molecule has 3 amide bonds. The molecule has 2 saturated heterocycles. The molecule has 1 aromatic carbocycles. The molecule has 10 nitrogen and oxygen atoms in total. The molecule has 17 heteroatoms. The van der Waals surface area contributed by atoms with Gasteiger partial charge in [-0.1, -0.05) is 12.1 Å². The molecule has 0 aliphatic carbocycles. The molecule has 44 heavy (non-hydrogen) atoms. The number of anilines is 4. The number of nitrogens with one attached hydrogen (secondary N) is 2. The van der Waals surface area contributed by atoms with Crippen LogP contribution in [0.25, 0.3) is 0 Å². The van der Waals surface area contributed by atoms with Gasteiger partial charge in [0.15, 0.2) is 5.69 Å². The normalized spacial score (nSPS) is 16.7. The first-order valence-corrected chi connectivity index (χ1v) is 13.5. The number of hydrogen-bond acceptors (Lipinski definition) is 7. The fourth-order valence-corrected chi connectivity index (χ4v) is 4.92. The number of piperidine rings is 1. The lowest BCUT2D eigenvalue weighted by Gasteiger charge is -2.35. The lowest BCUT2D eigenvalue weighted by molar-refractivity contribution is -0.179. The molecule has 236 valence electrons. The van der Waals surface area contributed by atoms with Crippen LogP contribution in [0.1, 0.15) is 29.1 Å². The molecular weight excluding hydrogens is 603 g/mol. The Morgan fingerprint density at radius 1 is 0.864 bits per heavy atom. The van der Waals surface area contributed by atoms with Crippen LogP contribution in [-0.4, -0.2) is 72.3 Å². The molecule has 0 unspecified atom stereocenters. The van der Waals surface area contributed by atoms with Crippen LogP contribution in [0, 0.1) is 11.7 Å². The summed E-state index contributed by atoms with van der Waals surface area (Å²) in [6.45, 7) is 0.918. The van der Waals surface area contributed by atoms with Gasteiger partial charge in [-0.15, -0.1) is 0 Å². The molecule has 2 N–H and O–H groups in total. The molecule has 3 aromatic rings. The number of nitrogens with zero attached hydrogens (tertiary/aromatic N) is 5. The predicted molar refractivity (Wildman–Crippen MR) is 144 cm³/mol. The van der Waals surface area contributed by atoms with Gasteiger partial charge in [0.2, 0.25) is 5.76 Å². The van der Waals surface area contributed by atoms with Gasteiger partial charge in [-0.2, -0.15) is 31.3 Å². The van der Waals surface area contributed by atoms with E-state index in [0.717, 1.165) is 4.90 Å². The molecule has 5 rings (SSSR count). The molecular formula is C27H26F7N7O3. The number of rotatable bonds is 5. The van der Waals surface area contributed by atoms with Gasteiger partial charge >= 0.3 is 18.4 Å². The second-order valence-corrected chi connectivity index (χ2v) is 10.2. The average Bonchev–Trinajstić information content (AvgIpc) is 3.45. The van der Waals surface area contributed by atoms with Crippen LogP contribution in [0.2, 0.25) is 0 Å². The number of urea groups is 1. The molecule has 2 fully saturated rings. The number of aromatic nitrogens is 2. The van der Waals surface area contributed by atoms with E-state index in [1.807, 2.05) is 4.90 Å². The Hall–Kier alpha value is -4.57. The number of amides is 3. The quantitative estimate of drug-likeness (QED) is 0.354. The molecule has 0 radical (unpaired) electrons. The topological polar surface area (TPSA) is 107 Å². The molecule has 0 spiro atoms. The number of oxazole rings is 1. The van der Waals surface area contributed by atoms with Crippen LogP contribution < -0.4 is 20.4 Å². The van der Waals surface area contributed by atoms with Gasteiger partial charge in [0.1, 0.15) is 11.6 Å². The van der Waals surface area contributed by atoms with Gasteiger partial charge in [-0.25, -0.2) is 14.2 Å². The average molecular weight is 630 g/mol. The van der Waals surface area contributed by atoms with Crippen molar-refractivity contribution in [3.8, 4) is 0 Å². The third kappa shape index (κ3) is 6.97. The van der Waals surface area contributed by atoms with Crippen LogP contribution in [-0.2, 0) is 6.18 Å². The van der Waals surface area contributed by atoms with Crippen molar-refractivity contribution >= 4 is 35.1 Å². The molecule has 0 saturated carbocycles. The minimum absolute atomic E-state index is 0.0544. The first kappa shape index (κ1) is 30.9. The van der Waals surface area contributed by atoms with Gasteiger partial charge in [0, 0.05) is 39.3 Å². The summed E-state index contributed by atoms with van der Waals surface area (Å²) in [6, 6.07) is 7.70. The number of alkyl halides is 6. The monoisotopic (exact) mass is 629 g/mol. The van der Waals surface area contributed by atoms with E-state index in [9.17, 15) is 40.3 Å². The third-order valence-corrected chi connectivity index (χ3v) is 7.33. The van der Waals surface area contributed by atoms with E-state index in [2.05, 4.69) is 20.6 Å². The van der Waals surface area contributed by atoms with Crippen molar-refractivity contribution in [3.63, 3.8) is 0 Å². The first-order valence-electron chi connectivity index (χ1n) is 13.5. The molecule has 4 heterocycles. The van der Waals surface area contributed by atoms with Crippen LogP contribution in [0.4, 0.5) is 58.7 Å². The van der Waals surface area contributed by atoms with Gasteiger partial charge in [0.25, 0.3) is 11.9 Å². The van der Waals surface area contributed by atoms with E-state index in [1.165, 1.54) is 41.4 Å². The van der Waals surface area contributed by atoms with E-state index in [-0.39, 0.29) is 37.3 Å². The Kier molecular flexibility index (Phi) is 8.56. The molecule has 2 aliphatic rings. The van der Waals surface area contributed by atoms with E-state index in [0.29, 0.717) is 32.0 Å². The molecule has 0 bridgehead atoms. The standard InChI is InChI=1S/C27H26F7N7O3/c28-18-3-1-2-4-19(18)37-24(43)40-13-11-39(12-14-40)20-6-5-17(15-35-20)36-23(42)21-22(27(32,33)34)38-25(44-21)41-9-7-16(8-10-41)26(29,30)31/h1-6,15-16H,7-14H2,(H,36,42)(H,37,43). The minimum atomic E-state index is -5.06. The number of piperazine rings is 1. The van der Waals surface area contributed by atoms with Crippen molar-refractivity contribution < 1.29 is 44.7 Å². The van der Waals surface area contributed by atoms with Crippen molar-refractivity contribution in [2.75, 3.05) is 59.7 Å². The highest BCUT2D eigenvalue weighted by Crippen LogP contribution is 2.38. The minimum Gasteiger partial charge on any atom is -0.417 e. The van der Waals surface area contributed by atoms with Crippen molar-refractivity contribution in [1.82, 2.24) is 14.9 Å². The third-order valence-electron chi connectivity index (χ3n) is 7.33. The van der Waals surface area contributed by atoms with Gasteiger partial charge in [-0.3, -0.25) is 4.79 Å². The number of benzene rings is 1. The van der Waals surface area contributed by atoms with Crippen molar-refractivity contribution in [2.24, 2.45) is 5.92 Å². The first-order chi connectivity index (χ1) is 20.8. The SMILES string of the molecule is O=C(Nc1ccc(N2CCN(C(=O)Nc3ccccc3F)CC2)nc1)c1oc(N2CCC(C(F)(F)F)CC2)nc1C(F)(F)F. The molecule has 2 aliphatic heterocycles. The largest absolute Gasteiger partial charge is 0.437 e. The zero-order chi connectivity index (χ0) is 31.6. The number of pyridine rings is 1. The number of carbonyl (C=O) groups excluding carboxylic acids is 2. The summed E-state index contributed by atoms with van der Waals surface area (Å²) in [6.07, 6.45) is -8.93. The number of carbonyl (C=O) groups is 2. The van der Waals surface area contributed by atoms with Crippen molar-refractivity contribution in [3.05, 3.63) is 59.9 Å². The highest BCUT2D eigenvalue weighted by atomic mass is 19.4. The Balaban J connectivity index is 1.19. The Labute approximate surface area is 245 Å². The second-order valence-electron chi connectivity index (χ2n) is 10.2. The van der Waals surface area contributed by atoms with E-state index < -0.39 is 53.5 Å². The summed E-state index contributed by atoms with van der Waals surface area (Å²) in [4.78, 5) is 37.4. The summed E-state index contributed by atoms with van der Waals surface area (Å²) in [5.74, 6) is -4.04. The number of para-hydroxylation sites is 1. The maximum atomic E-state index is 13.8. The second kappa shape index (κ2) is 12.2. The Morgan fingerprint density at radius 3 is 2.14 bits per heavy atom. The van der Waals surface area contributed by atoms with Crippen molar-refractivity contribution in [1.29, 1.82) is 0 Å². The zero-order valence-electron chi connectivity index (χ0n) is 22.9. The molecule has 0 atom stereocenters. The Bertz CT molecular complexity index is 1480. The zero-order valence-corrected chi connectivity index (χ0v) is 22.9. The lowest BCUT2D eigenvalue weighted by atomic mass is 9.97. The summed E-state index contributed by atoms with van der Waals surface area (Å²) in [7, 11) is 0. The fourth-order valence-electron chi connectivity index (χ4n) is 4.92. The summed E-state index contributed by atoms with van der Waals surface area (Å²) < 4.78 is 98.9. The van der Waals surface area contributed by atoms with Crippen LogP contribution >= 0.6 is 0 Å². The summed E-state index contributed by atoms with van der Waals surface area (Å²) >= 11 is 0. The summed E-state index contributed by atoms with van der Waals surface area (Å²) in [5, 5.41) is 4.81. The predicted octanol–water partition coefficient (Wildman–Crippen LogP) is 5.61. The van der Waals surface area contributed by atoms with Crippen LogP contribution in [0.3, 0.4) is 0 Å².